The smallest absolute Gasteiger partial charge is 0.0490 e. The van der Waals surface area contributed by atoms with E-state index >= 15 is 0 Å². The molecule has 3 rings (SSSR count). The summed E-state index contributed by atoms with van der Waals surface area (Å²) in [4.78, 5) is 2.23. The maximum Gasteiger partial charge on any atom is 0.0490 e. The number of anilines is 2. The Morgan fingerprint density at radius 1 is 0.808 bits per heavy atom. The van der Waals surface area contributed by atoms with Crippen molar-refractivity contribution in [2.24, 2.45) is 0 Å². The Bertz CT molecular complexity index is 918. The monoisotopic (exact) mass is 339 g/mol. The molecule has 0 fully saturated rings. The standard InChI is InChI=1S/C25H25N/c1-5-19(2)22-15-17-23(18-16-22)21(4)26(24-12-7-6-8-13-24)25-14-10-9-11-20(25)3/h5-18H,4H2,1-3H3/b19-5+. The average molecular weight is 339 g/mol. The Kier molecular flexibility index (Phi) is 5.38. The highest BCUT2D eigenvalue weighted by Gasteiger charge is 2.16. The molecule has 0 atom stereocenters. The molecule has 0 radical (unpaired) electrons. The predicted molar refractivity (Wildman–Crippen MR) is 115 cm³/mol. The lowest BCUT2D eigenvalue weighted by Crippen LogP contribution is -2.15. The second kappa shape index (κ2) is 7.88. The van der Waals surface area contributed by atoms with Gasteiger partial charge in [0.05, 0.1) is 0 Å². The Hall–Kier alpha value is -3.06. The second-order valence-electron chi connectivity index (χ2n) is 6.45. The van der Waals surface area contributed by atoms with Gasteiger partial charge >= 0.3 is 0 Å². The zero-order valence-corrected chi connectivity index (χ0v) is 15.7. The fourth-order valence-electron chi connectivity index (χ4n) is 3.05. The van der Waals surface area contributed by atoms with Gasteiger partial charge in [-0.25, -0.2) is 0 Å². The number of nitrogens with zero attached hydrogens (tertiary/aromatic N) is 1. The molecule has 0 saturated carbocycles. The minimum absolute atomic E-state index is 0.968. The highest BCUT2D eigenvalue weighted by molar-refractivity contribution is 5.88. The minimum Gasteiger partial charge on any atom is -0.310 e. The van der Waals surface area contributed by atoms with Gasteiger partial charge in [0.1, 0.15) is 0 Å². The van der Waals surface area contributed by atoms with Gasteiger partial charge in [-0.3, -0.25) is 0 Å². The van der Waals surface area contributed by atoms with Gasteiger partial charge in [-0.1, -0.05) is 73.3 Å². The average Bonchev–Trinajstić information content (AvgIpc) is 2.70. The maximum absolute atomic E-state index is 4.43. The molecule has 26 heavy (non-hydrogen) atoms. The summed E-state index contributed by atoms with van der Waals surface area (Å²) in [6.45, 7) is 10.8. The van der Waals surface area contributed by atoms with Crippen molar-refractivity contribution in [1.29, 1.82) is 0 Å². The summed E-state index contributed by atoms with van der Waals surface area (Å²) in [5, 5.41) is 0. The van der Waals surface area contributed by atoms with Gasteiger partial charge in [0.15, 0.2) is 0 Å². The lowest BCUT2D eigenvalue weighted by molar-refractivity contribution is 1.26. The van der Waals surface area contributed by atoms with Crippen molar-refractivity contribution >= 4 is 22.6 Å². The molecule has 0 saturated heterocycles. The van der Waals surface area contributed by atoms with E-state index in [2.05, 4.69) is 111 Å². The first-order chi connectivity index (χ1) is 12.6. The molecule has 0 bridgehead atoms. The van der Waals surface area contributed by atoms with Crippen LogP contribution in [0.3, 0.4) is 0 Å². The molecular weight excluding hydrogens is 314 g/mol. The molecule has 0 aliphatic carbocycles. The van der Waals surface area contributed by atoms with Crippen molar-refractivity contribution in [2.75, 3.05) is 4.90 Å². The zero-order valence-electron chi connectivity index (χ0n) is 15.7. The van der Waals surface area contributed by atoms with Gasteiger partial charge in [-0.2, -0.15) is 0 Å². The van der Waals surface area contributed by atoms with Crippen LogP contribution >= 0.6 is 0 Å². The van der Waals surface area contributed by atoms with Gasteiger partial charge in [0.2, 0.25) is 0 Å². The zero-order chi connectivity index (χ0) is 18.5. The number of hydrogen-bond acceptors (Lipinski definition) is 1. The van der Waals surface area contributed by atoms with Gasteiger partial charge in [-0.05, 0) is 61.2 Å². The first kappa shape index (κ1) is 17.8. The van der Waals surface area contributed by atoms with Crippen LogP contribution in [0, 0.1) is 6.92 Å². The Morgan fingerprint density at radius 2 is 1.38 bits per heavy atom. The molecule has 0 aromatic heterocycles. The number of hydrogen-bond donors (Lipinski definition) is 0. The molecule has 0 spiro atoms. The van der Waals surface area contributed by atoms with Gasteiger partial charge in [-0.15, -0.1) is 0 Å². The lowest BCUT2D eigenvalue weighted by atomic mass is 10.0. The van der Waals surface area contributed by atoms with Crippen LogP contribution in [0.1, 0.15) is 30.5 Å². The molecule has 0 N–H and O–H groups in total. The second-order valence-corrected chi connectivity index (χ2v) is 6.45. The third kappa shape index (κ3) is 3.62. The fraction of sp³-hybridized carbons (Fsp3) is 0.120. The van der Waals surface area contributed by atoms with Crippen molar-refractivity contribution in [3.8, 4) is 0 Å². The van der Waals surface area contributed by atoms with Crippen molar-refractivity contribution in [3.63, 3.8) is 0 Å². The van der Waals surface area contributed by atoms with Gasteiger partial charge in [0, 0.05) is 17.1 Å². The highest BCUT2D eigenvalue weighted by Crippen LogP contribution is 2.35. The van der Waals surface area contributed by atoms with Gasteiger partial charge in [0.25, 0.3) is 0 Å². The summed E-state index contributed by atoms with van der Waals surface area (Å²) in [5.74, 6) is 0. The molecule has 0 unspecified atom stereocenters. The van der Waals surface area contributed by atoms with E-state index in [1.54, 1.807) is 0 Å². The van der Waals surface area contributed by atoms with Crippen LogP contribution < -0.4 is 4.90 Å². The fourth-order valence-corrected chi connectivity index (χ4v) is 3.05. The van der Waals surface area contributed by atoms with Crippen LogP contribution in [0.15, 0.2) is 91.5 Å². The predicted octanol–water partition coefficient (Wildman–Crippen LogP) is 7.23. The molecule has 0 heterocycles. The summed E-state index contributed by atoms with van der Waals surface area (Å²) in [5.41, 5.74) is 8.09. The molecule has 0 aliphatic rings. The molecule has 0 amide bonds. The van der Waals surface area contributed by atoms with E-state index in [9.17, 15) is 0 Å². The molecule has 130 valence electrons. The SMILES string of the molecule is C=C(c1ccc(/C(C)=C/C)cc1)N(c1ccccc1)c1ccccc1C. The van der Waals surface area contributed by atoms with E-state index in [0.717, 1.165) is 22.6 Å². The van der Waals surface area contributed by atoms with Crippen LogP contribution in [0.4, 0.5) is 11.4 Å². The van der Waals surface area contributed by atoms with Crippen LogP contribution in [0.5, 0.6) is 0 Å². The van der Waals surface area contributed by atoms with E-state index < -0.39 is 0 Å². The molecule has 1 nitrogen and oxygen atoms in total. The van der Waals surface area contributed by atoms with Crippen LogP contribution in [-0.2, 0) is 0 Å². The molecular formula is C25H25N. The largest absolute Gasteiger partial charge is 0.310 e. The lowest BCUT2D eigenvalue weighted by Gasteiger charge is -2.29. The number of para-hydroxylation sites is 2. The summed E-state index contributed by atoms with van der Waals surface area (Å²) in [6, 6.07) is 27.5. The van der Waals surface area contributed by atoms with Crippen LogP contribution in [0.2, 0.25) is 0 Å². The summed E-state index contributed by atoms with van der Waals surface area (Å²) >= 11 is 0. The van der Waals surface area contributed by atoms with Crippen molar-refractivity contribution in [3.05, 3.63) is 108 Å². The van der Waals surface area contributed by atoms with Crippen molar-refractivity contribution in [2.45, 2.75) is 20.8 Å². The highest BCUT2D eigenvalue weighted by atomic mass is 15.1. The summed E-state index contributed by atoms with van der Waals surface area (Å²) in [6.07, 6.45) is 2.13. The summed E-state index contributed by atoms with van der Waals surface area (Å²) in [7, 11) is 0. The molecule has 3 aromatic rings. The molecule has 0 aliphatic heterocycles. The van der Waals surface area contributed by atoms with Crippen LogP contribution in [-0.4, -0.2) is 0 Å². The third-order valence-corrected chi connectivity index (χ3v) is 4.75. The van der Waals surface area contributed by atoms with E-state index in [4.69, 9.17) is 0 Å². The minimum atomic E-state index is 0.968. The normalized spacial score (nSPS) is 11.3. The number of benzene rings is 3. The van der Waals surface area contributed by atoms with Gasteiger partial charge < -0.3 is 4.90 Å². The summed E-state index contributed by atoms with van der Waals surface area (Å²) < 4.78 is 0. The van der Waals surface area contributed by atoms with Crippen LogP contribution in [0.25, 0.3) is 11.3 Å². The first-order valence-corrected chi connectivity index (χ1v) is 8.95. The molecule has 3 aromatic carbocycles. The van der Waals surface area contributed by atoms with Crippen molar-refractivity contribution in [1.82, 2.24) is 0 Å². The van der Waals surface area contributed by atoms with E-state index in [0.29, 0.717) is 0 Å². The quantitative estimate of drug-likeness (QED) is 0.474. The number of allylic oxidation sites excluding steroid dienone is 2. The van der Waals surface area contributed by atoms with E-state index in [1.807, 2.05) is 6.07 Å². The van der Waals surface area contributed by atoms with Crippen molar-refractivity contribution < 1.29 is 0 Å². The van der Waals surface area contributed by atoms with E-state index in [1.165, 1.54) is 16.7 Å². The number of aryl methyl sites for hydroxylation is 1. The number of rotatable bonds is 5. The maximum atomic E-state index is 4.43. The molecule has 1 heteroatoms. The first-order valence-electron chi connectivity index (χ1n) is 8.95. The Morgan fingerprint density at radius 3 is 2.00 bits per heavy atom. The topological polar surface area (TPSA) is 3.24 Å². The third-order valence-electron chi connectivity index (χ3n) is 4.75. The Labute approximate surface area is 156 Å². The van der Waals surface area contributed by atoms with E-state index in [-0.39, 0.29) is 0 Å². The Balaban J connectivity index is 2.05.